The summed E-state index contributed by atoms with van der Waals surface area (Å²) in [5, 5.41) is 0. The molecule has 2 heterocycles. The van der Waals surface area contributed by atoms with Crippen molar-refractivity contribution in [2.75, 3.05) is 0 Å². The summed E-state index contributed by atoms with van der Waals surface area (Å²) in [7, 11) is 0. The van der Waals surface area contributed by atoms with Gasteiger partial charge in [0.15, 0.2) is 0 Å². The minimum atomic E-state index is 0.363. The molecule has 4 aromatic carbocycles. The van der Waals surface area contributed by atoms with Crippen molar-refractivity contribution in [3.63, 3.8) is 0 Å². The maximum absolute atomic E-state index is 6.11. The molecule has 7 heteroatoms. The number of rotatable bonds is 8. The third kappa shape index (κ3) is 4.79. The summed E-state index contributed by atoms with van der Waals surface area (Å²) in [6.07, 6.45) is 0. The number of hydrogen-bond donors (Lipinski definition) is 2. The van der Waals surface area contributed by atoms with E-state index in [1.165, 1.54) is 0 Å². The summed E-state index contributed by atoms with van der Waals surface area (Å²) >= 11 is 0. The van der Waals surface area contributed by atoms with E-state index in [1.807, 2.05) is 97.1 Å². The van der Waals surface area contributed by atoms with Crippen molar-refractivity contribution >= 4 is 22.1 Å². The number of aromatic amines is 2. The van der Waals surface area contributed by atoms with Gasteiger partial charge in [-0.25, -0.2) is 9.97 Å². The number of aromatic nitrogens is 4. The summed E-state index contributed by atoms with van der Waals surface area (Å²) in [5.74, 6) is 4.54. The van der Waals surface area contributed by atoms with Crippen LogP contribution in [0.2, 0.25) is 0 Å². The Bertz CT molecular complexity index is 1460. The molecule has 0 atom stereocenters. The summed E-state index contributed by atoms with van der Waals surface area (Å²) < 4.78 is 17.7. The zero-order valence-electron chi connectivity index (χ0n) is 18.8. The standard InChI is InChI=1S/C28H22N4O3/c1-3-7-19(8-4-1)33-17-27-29-23-13-11-21(15-25(23)31-27)35-22-12-14-24-26(16-22)32-28(30-24)18-34-20-9-5-2-6-10-20/h1-16H,17-18H2,(H,29,31)(H,30,32). The quantitative estimate of drug-likeness (QED) is 0.274. The van der Waals surface area contributed by atoms with Gasteiger partial charge in [0.2, 0.25) is 0 Å². The number of ether oxygens (including phenoxy) is 3. The lowest BCUT2D eigenvalue weighted by Crippen LogP contribution is -1.96. The van der Waals surface area contributed by atoms with E-state index in [2.05, 4.69) is 19.9 Å². The van der Waals surface area contributed by atoms with E-state index >= 15 is 0 Å². The highest BCUT2D eigenvalue weighted by molar-refractivity contribution is 5.78. The van der Waals surface area contributed by atoms with Crippen molar-refractivity contribution in [1.82, 2.24) is 19.9 Å². The highest BCUT2D eigenvalue weighted by Crippen LogP contribution is 2.27. The van der Waals surface area contributed by atoms with E-state index in [-0.39, 0.29) is 0 Å². The number of nitrogens with one attached hydrogen (secondary N) is 2. The zero-order chi connectivity index (χ0) is 23.5. The molecular weight excluding hydrogens is 440 g/mol. The summed E-state index contributed by atoms with van der Waals surface area (Å²) in [6, 6.07) is 30.9. The van der Waals surface area contributed by atoms with Gasteiger partial charge < -0.3 is 24.2 Å². The van der Waals surface area contributed by atoms with Crippen LogP contribution in [0.5, 0.6) is 23.0 Å². The fourth-order valence-electron chi connectivity index (χ4n) is 3.82. The molecule has 0 radical (unpaired) electrons. The smallest absolute Gasteiger partial charge is 0.146 e. The van der Waals surface area contributed by atoms with Gasteiger partial charge in [0.05, 0.1) is 22.1 Å². The molecule has 0 saturated carbocycles. The SMILES string of the molecule is c1ccc(OCc2nc3ccc(Oc4ccc5nc(COc6ccccc6)[nH]c5c4)cc3[nH]2)cc1. The van der Waals surface area contributed by atoms with Crippen LogP contribution < -0.4 is 14.2 Å². The molecule has 0 saturated heterocycles. The normalized spacial score (nSPS) is 11.1. The Morgan fingerprint density at radius 3 is 1.43 bits per heavy atom. The van der Waals surface area contributed by atoms with Crippen molar-refractivity contribution in [2.24, 2.45) is 0 Å². The molecule has 0 aliphatic heterocycles. The Hall–Kier alpha value is -4.78. The molecule has 0 unspecified atom stereocenters. The van der Waals surface area contributed by atoms with E-state index in [0.717, 1.165) is 45.2 Å². The van der Waals surface area contributed by atoms with E-state index in [1.54, 1.807) is 0 Å². The van der Waals surface area contributed by atoms with Crippen LogP contribution in [-0.2, 0) is 13.2 Å². The van der Waals surface area contributed by atoms with Crippen molar-refractivity contribution in [2.45, 2.75) is 13.2 Å². The van der Waals surface area contributed by atoms with Gasteiger partial charge in [-0.3, -0.25) is 0 Å². The molecule has 2 aromatic heterocycles. The van der Waals surface area contributed by atoms with Gasteiger partial charge in [-0.2, -0.15) is 0 Å². The van der Waals surface area contributed by atoms with Crippen LogP contribution >= 0.6 is 0 Å². The second-order valence-corrected chi connectivity index (χ2v) is 8.03. The Balaban J connectivity index is 1.14. The van der Waals surface area contributed by atoms with Gasteiger partial charge in [0.25, 0.3) is 0 Å². The number of hydrogen-bond acceptors (Lipinski definition) is 5. The Kier molecular flexibility index (Phi) is 5.48. The molecule has 0 bridgehead atoms. The first-order valence-corrected chi connectivity index (χ1v) is 11.3. The van der Waals surface area contributed by atoms with Crippen LogP contribution in [0.1, 0.15) is 11.6 Å². The Labute approximate surface area is 201 Å². The molecule has 0 aliphatic carbocycles. The summed E-state index contributed by atoms with van der Waals surface area (Å²) in [6.45, 7) is 0.726. The van der Waals surface area contributed by atoms with Crippen LogP contribution in [-0.4, -0.2) is 19.9 Å². The maximum Gasteiger partial charge on any atom is 0.146 e. The average molecular weight is 463 g/mol. The molecule has 0 amide bonds. The van der Waals surface area contributed by atoms with Crippen LogP contribution in [0.25, 0.3) is 22.1 Å². The minimum absolute atomic E-state index is 0.363. The fourth-order valence-corrected chi connectivity index (χ4v) is 3.82. The number of imidazole rings is 2. The van der Waals surface area contributed by atoms with Crippen LogP contribution in [0.4, 0.5) is 0 Å². The van der Waals surface area contributed by atoms with E-state index < -0.39 is 0 Å². The zero-order valence-corrected chi connectivity index (χ0v) is 18.8. The predicted molar refractivity (Wildman–Crippen MR) is 134 cm³/mol. The predicted octanol–water partition coefficient (Wildman–Crippen LogP) is 6.39. The second kappa shape index (κ2) is 9.23. The Morgan fingerprint density at radius 2 is 0.971 bits per heavy atom. The lowest BCUT2D eigenvalue weighted by atomic mass is 10.3. The highest BCUT2D eigenvalue weighted by atomic mass is 16.5. The average Bonchev–Trinajstić information content (AvgIpc) is 3.50. The van der Waals surface area contributed by atoms with Gasteiger partial charge >= 0.3 is 0 Å². The first-order chi connectivity index (χ1) is 17.3. The topological polar surface area (TPSA) is 85.0 Å². The van der Waals surface area contributed by atoms with Crippen LogP contribution in [0, 0.1) is 0 Å². The second-order valence-electron chi connectivity index (χ2n) is 8.03. The van der Waals surface area contributed by atoms with Gasteiger partial charge in [-0.15, -0.1) is 0 Å². The molecule has 7 nitrogen and oxygen atoms in total. The maximum atomic E-state index is 6.11. The van der Waals surface area contributed by atoms with Gasteiger partial charge in [-0.1, -0.05) is 36.4 Å². The largest absolute Gasteiger partial charge is 0.486 e. The minimum Gasteiger partial charge on any atom is -0.486 e. The highest BCUT2D eigenvalue weighted by Gasteiger charge is 2.09. The molecule has 0 spiro atoms. The molecule has 0 fully saturated rings. The van der Waals surface area contributed by atoms with E-state index in [4.69, 9.17) is 14.2 Å². The molecule has 0 aliphatic rings. The van der Waals surface area contributed by atoms with E-state index in [9.17, 15) is 0 Å². The number of H-pyrrole nitrogens is 2. The van der Waals surface area contributed by atoms with Crippen molar-refractivity contribution < 1.29 is 14.2 Å². The van der Waals surface area contributed by atoms with Crippen molar-refractivity contribution in [3.05, 3.63) is 109 Å². The molecule has 2 N–H and O–H groups in total. The number of nitrogens with zero attached hydrogens (tertiary/aromatic N) is 2. The van der Waals surface area contributed by atoms with Crippen molar-refractivity contribution in [3.8, 4) is 23.0 Å². The molecular formula is C28H22N4O3. The number of fused-ring (bicyclic) bond motifs is 2. The van der Waals surface area contributed by atoms with Gasteiger partial charge in [-0.05, 0) is 48.5 Å². The van der Waals surface area contributed by atoms with Crippen LogP contribution in [0.15, 0.2) is 97.1 Å². The lowest BCUT2D eigenvalue weighted by molar-refractivity contribution is 0.297. The van der Waals surface area contributed by atoms with Gasteiger partial charge in [0, 0.05) is 12.1 Å². The number of benzene rings is 4. The Morgan fingerprint density at radius 1 is 0.514 bits per heavy atom. The van der Waals surface area contributed by atoms with Gasteiger partial charge in [0.1, 0.15) is 47.9 Å². The molecule has 172 valence electrons. The molecule has 35 heavy (non-hydrogen) atoms. The first kappa shape index (κ1) is 20.8. The third-order valence-corrected chi connectivity index (χ3v) is 5.48. The lowest BCUT2D eigenvalue weighted by Gasteiger charge is -2.05. The molecule has 6 rings (SSSR count). The van der Waals surface area contributed by atoms with Crippen molar-refractivity contribution in [1.29, 1.82) is 0 Å². The first-order valence-electron chi connectivity index (χ1n) is 11.3. The third-order valence-electron chi connectivity index (χ3n) is 5.48. The van der Waals surface area contributed by atoms with E-state index in [0.29, 0.717) is 24.7 Å². The summed E-state index contributed by atoms with van der Waals surface area (Å²) in [4.78, 5) is 15.8. The fraction of sp³-hybridized carbons (Fsp3) is 0.0714. The number of para-hydroxylation sites is 2. The molecule has 6 aromatic rings. The van der Waals surface area contributed by atoms with Crippen LogP contribution in [0.3, 0.4) is 0 Å². The monoisotopic (exact) mass is 462 g/mol. The summed E-state index contributed by atoms with van der Waals surface area (Å²) in [5.41, 5.74) is 3.49.